The summed E-state index contributed by atoms with van der Waals surface area (Å²) in [5.41, 5.74) is 1.23. The second-order valence-electron chi connectivity index (χ2n) is 6.77. The molecule has 2 amide bonds. The molecule has 0 radical (unpaired) electrons. The second kappa shape index (κ2) is 8.34. The first kappa shape index (κ1) is 17.7. The van der Waals surface area contributed by atoms with Crippen LogP contribution in [0, 0.1) is 0 Å². The number of methoxy groups -OCH3 is 1. The highest BCUT2D eigenvalue weighted by Gasteiger charge is 2.28. The highest BCUT2D eigenvalue weighted by atomic mass is 16.5. The molecule has 1 unspecified atom stereocenters. The number of nitrogens with one attached hydrogen (secondary N) is 1. The van der Waals surface area contributed by atoms with Crippen molar-refractivity contribution in [3.63, 3.8) is 0 Å². The van der Waals surface area contributed by atoms with E-state index < -0.39 is 0 Å². The van der Waals surface area contributed by atoms with Crippen LogP contribution in [-0.2, 0) is 9.59 Å². The molecule has 2 heterocycles. The number of likely N-dealkylation sites (tertiary alicyclic amines) is 1. The van der Waals surface area contributed by atoms with Crippen molar-refractivity contribution in [3.05, 3.63) is 29.8 Å². The van der Waals surface area contributed by atoms with Crippen LogP contribution in [0.1, 0.15) is 37.3 Å². The summed E-state index contributed by atoms with van der Waals surface area (Å²) in [6.07, 6.45) is 4.54. The van der Waals surface area contributed by atoms with E-state index in [0.29, 0.717) is 19.6 Å². The maximum atomic E-state index is 12.7. The van der Waals surface area contributed by atoms with Crippen molar-refractivity contribution < 1.29 is 14.3 Å². The van der Waals surface area contributed by atoms with Crippen LogP contribution in [0.25, 0.3) is 0 Å². The Morgan fingerprint density at radius 3 is 2.72 bits per heavy atom. The van der Waals surface area contributed by atoms with Gasteiger partial charge in [0.05, 0.1) is 20.2 Å². The Kier molecular flexibility index (Phi) is 5.91. The fourth-order valence-corrected chi connectivity index (χ4v) is 3.69. The minimum atomic E-state index is -0.0674. The van der Waals surface area contributed by atoms with E-state index in [-0.39, 0.29) is 24.4 Å². The molecule has 2 saturated heterocycles. The third kappa shape index (κ3) is 4.51. The number of amides is 2. The Bertz CT molecular complexity index is 602. The average molecular weight is 345 g/mol. The molecule has 136 valence electrons. The Hall–Kier alpha value is -2.08. The van der Waals surface area contributed by atoms with Crippen LogP contribution in [0.15, 0.2) is 24.3 Å². The van der Waals surface area contributed by atoms with Crippen molar-refractivity contribution in [2.24, 2.45) is 0 Å². The fraction of sp³-hybridized carbons (Fsp3) is 0.579. The summed E-state index contributed by atoms with van der Waals surface area (Å²) < 4.78 is 5.25. The van der Waals surface area contributed by atoms with E-state index >= 15 is 0 Å². The summed E-state index contributed by atoms with van der Waals surface area (Å²) >= 11 is 0. The van der Waals surface area contributed by atoms with E-state index in [1.54, 1.807) is 12.0 Å². The van der Waals surface area contributed by atoms with E-state index in [1.807, 2.05) is 12.1 Å². The summed E-state index contributed by atoms with van der Waals surface area (Å²) in [7, 11) is 1.67. The number of rotatable bonds is 4. The molecule has 1 N–H and O–H groups in total. The molecule has 0 bridgehead atoms. The smallest absolute Gasteiger partial charge is 0.239 e. The van der Waals surface area contributed by atoms with Gasteiger partial charge in [-0.3, -0.25) is 14.5 Å². The van der Waals surface area contributed by atoms with Gasteiger partial charge in [-0.2, -0.15) is 0 Å². The molecule has 1 atom stereocenters. The normalized spacial score (nSPS) is 22.2. The highest BCUT2D eigenvalue weighted by molar-refractivity contribution is 5.86. The Balaban J connectivity index is 1.71. The van der Waals surface area contributed by atoms with Crippen LogP contribution in [0.2, 0.25) is 0 Å². The summed E-state index contributed by atoms with van der Waals surface area (Å²) in [6, 6.07) is 8.40. The van der Waals surface area contributed by atoms with Gasteiger partial charge in [-0.15, -0.1) is 0 Å². The summed E-state index contributed by atoms with van der Waals surface area (Å²) in [5, 5.41) is 2.77. The molecule has 0 aromatic heterocycles. The van der Waals surface area contributed by atoms with Gasteiger partial charge in [0, 0.05) is 19.1 Å². The van der Waals surface area contributed by atoms with Crippen molar-refractivity contribution >= 4 is 11.8 Å². The van der Waals surface area contributed by atoms with Crippen molar-refractivity contribution in [1.82, 2.24) is 15.1 Å². The number of carbonyl (C=O) groups excluding carboxylic acids is 2. The maximum Gasteiger partial charge on any atom is 0.239 e. The average Bonchev–Trinajstić information content (AvgIpc) is 2.87. The largest absolute Gasteiger partial charge is 0.497 e. The summed E-state index contributed by atoms with van der Waals surface area (Å²) in [4.78, 5) is 28.2. The lowest BCUT2D eigenvalue weighted by atomic mass is 10.0. The summed E-state index contributed by atoms with van der Waals surface area (Å²) in [5.74, 6) is 0.830. The molecule has 2 fully saturated rings. The van der Waals surface area contributed by atoms with Gasteiger partial charge in [-0.1, -0.05) is 25.0 Å². The molecule has 0 spiro atoms. The lowest BCUT2D eigenvalue weighted by Gasteiger charge is -2.33. The molecule has 6 nitrogen and oxygen atoms in total. The first-order valence-corrected chi connectivity index (χ1v) is 9.10. The number of ether oxygens (including phenoxy) is 1. The van der Waals surface area contributed by atoms with Gasteiger partial charge in [0.1, 0.15) is 5.75 Å². The van der Waals surface area contributed by atoms with Crippen LogP contribution < -0.4 is 10.1 Å². The van der Waals surface area contributed by atoms with E-state index in [1.165, 1.54) is 18.4 Å². The molecule has 2 aliphatic heterocycles. The van der Waals surface area contributed by atoms with E-state index in [0.717, 1.165) is 25.1 Å². The standard InChI is InChI=1S/C19H27N3O3/c1-25-16-8-6-15(7-9-16)17-5-3-2-4-11-21(17)14-19(24)22-12-10-20-18(23)13-22/h6-9,17H,2-5,10-14H2,1H3,(H,20,23). The van der Waals surface area contributed by atoms with Gasteiger partial charge in [-0.25, -0.2) is 0 Å². The van der Waals surface area contributed by atoms with Gasteiger partial charge in [-0.05, 0) is 37.1 Å². The van der Waals surface area contributed by atoms with Gasteiger partial charge < -0.3 is 15.0 Å². The number of nitrogens with zero attached hydrogens (tertiary/aromatic N) is 2. The quantitative estimate of drug-likeness (QED) is 0.900. The van der Waals surface area contributed by atoms with E-state index in [2.05, 4.69) is 22.3 Å². The highest BCUT2D eigenvalue weighted by Crippen LogP contribution is 2.31. The zero-order chi connectivity index (χ0) is 17.6. The van der Waals surface area contributed by atoms with Gasteiger partial charge in [0.25, 0.3) is 0 Å². The SMILES string of the molecule is COc1ccc(C2CCCCCN2CC(=O)N2CCNC(=O)C2)cc1. The number of carbonyl (C=O) groups is 2. The number of benzene rings is 1. The number of hydrogen-bond acceptors (Lipinski definition) is 4. The van der Waals surface area contributed by atoms with Crippen LogP contribution in [-0.4, -0.2) is 61.4 Å². The monoisotopic (exact) mass is 345 g/mol. The van der Waals surface area contributed by atoms with E-state index in [9.17, 15) is 9.59 Å². The Morgan fingerprint density at radius 1 is 1.20 bits per heavy atom. The molecule has 0 aliphatic carbocycles. The first-order valence-electron chi connectivity index (χ1n) is 9.10. The molecular weight excluding hydrogens is 318 g/mol. The predicted molar refractivity (Wildman–Crippen MR) is 95.4 cm³/mol. The van der Waals surface area contributed by atoms with E-state index in [4.69, 9.17) is 4.74 Å². The molecule has 3 rings (SSSR count). The van der Waals surface area contributed by atoms with Crippen LogP contribution in [0.4, 0.5) is 0 Å². The maximum absolute atomic E-state index is 12.7. The molecule has 1 aromatic rings. The minimum absolute atomic E-state index is 0.0512. The topological polar surface area (TPSA) is 61.9 Å². The lowest BCUT2D eigenvalue weighted by molar-refractivity contribution is -0.139. The van der Waals surface area contributed by atoms with Crippen molar-refractivity contribution in [3.8, 4) is 5.75 Å². The zero-order valence-electron chi connectivity index (χ0n) is 14.9. The minimum Gasteiger partial charge on any atom is -0.497 e. The van der Waals surface area contributed by atoms with Crippen LogP contribution >= 0.6 is 0 Å². The molecule has 6 heteroatoms. The molecule has 2 aliphatic rings. The van der Waals surface area contributed by atoms with Gasteiger partial charge >= 0.3 is 0 Å². The van der Waals surface area contributed by atoms with Crippen molar-refractivity contribution in [2.45, 2.75) is 31.7 Å². The molecule has 25 heavy (non-hydrogen) atoms. The predicted octanol–water partition coefficient (Wildman–Crippen LogP) is 1.57. The van der Waals surface area contributed by atoms with Crippen LogP contribution in [0.5, 0.6) is 5.75 Å². The Morgan fingerprint density at radius 2 is 2.00 bits per heavy atom. The molecule has 0 saturated carbocycles. The second-order valence-corrected chi connectivity index (χ2v) is 6.77. The molecular formula is C19H27N3O3. The first-order chi connectivity index (χ1) is 12.2. The van der Waals surface area contributed by atoms with Crippen molar-refractivity contribution in [1.29, 1.82) is 0 Å². The Labute approximate surface area is 149 Å². The third-order valence-corrected chi connectivity index (χ3v) is 5.09. The molecule has 1 aromatic carbocycles. The lowest BCUT2D eigenvalue weighted by Crippen LogP contribution is -2.52. The zero-order valence-corrected chi connectivity index (χ0v) is 14.9. The van der Waals surface area contributed by atoms with Gasteiger partial charge in [0.2, 0.25) is 11.8 Å². The van der Waals surface area contributed by atoms with Crippen molar-refractivity contribution in [2.75, 3.05) is 39.8 Å². The number of hydrogen-bond donors (Lipinski definition) is 1. The van der Waals surface area contributed by atoms with Gasteiger partial charge in [0.15, 0.2) is 0 Å². The third-order valence-electron chi connectivity index (χ3n) is 5.09. The van der Waals surface area contributed by atoms with Crippen LogP contribution in [0.3, 0.4) is 0 Å². The fourth-order valence-electron chi connectivity index (χ4n) is 3.69. The number of piperazine rings is 1. The summed E-state index contributed by atoms with van der Waals surface area (Å²) in [6.45, 7) is 2.63.